The molecule has 3 aliphatic carbocycles. The highest BCUT2D eigenvalue weighted by atomic mass is 32.2. The van der Waals surface area contributed by atoms with Crippen molar-refractivity contribution >= 4 is 16.3 Å². The molecule has 0 spiro atoms. The van der Waals surface area contributed by atoms with Crippen LogP contribution in [0.4, 0.5) is 0 Å². The van der Waals surface area contributed by atoms with Crippen LogP contribution in [0.15, 0.2) is 29.8 Å². The number of hydrogen-bond donors (Lipinski definition) is 1. The summed E-state index contributed by atoms with van der Waals surface area (Å²) in [5.74, 6) is 1.46. The maximum absolute atomic E-state index is 12.2. The van der Waals surface area contributed by atoms with Crippen molar-refractivity contribution < 1.29 is 22.1 Å². The standard InChI is InChI=1S/C20H25NO5S/c1-20-10-9-15-14-6-4-13(26-27(21,23)24)11-12(14)3-5-16(15)17(20)7-8-18(20)19(22)25-2/h4,6,8,11,15-17H,3,5,7,9-10H2,1-2H3,(H2,21,23,24)/t15?,16?,17?,20-/m0/s1. The van der Waals surface area contributed by atoms with Gasteiger partial charge in [-0.25, -0.2) is 4.79 Å². The van der Waals surface area contributed by atoms with E-state index in [-0.39, 0.29) is 17.1 Å². The van der Waals surface area contributed by atoms with Crippen molar-refractivity contribution in [3.63, 3.8) is 0 Å². The topological polar surface area (TPSA) is 95.7 Å². The number of benzene rings is 1. The molecule has 2 N–H and O–H groups in total. The highest BCUT2D eigenvalue weighted by Crippen LogP contribution is 2.61. The quantitative estimate of drug-likeness (QED) is 0.800. The first-order chi connectivity index (χ1) is 12.7. The lowest BCUT2D eigenvalue weighted by molar-refractivity contribution is -0.138. The van der Waals surface area contributed by atoms with Gasteiger partial charge in [-0.2, -0.15) is 13.6 Å². The summed E-state index contributed by atoms with van der Waals surface area (Å²) in [7, 11) is -2.57. The van der Waals surface area contributed by atoms with E-state index in [1.54, 1.807) is 12.1 Å². The number of rotatable bonds is 3. The number of aryl methyl sites for hydroxylation is 1. The van der Waals surface area contributed by atoms with Gasteiger partial charge in [-0.05, 0) is 73.1 Å². The van der Waals surface area contributed by atoms with Crippen LogP contribution in [0.25, 0.3) is 0 Å². The van der Waals surface area contributed by atoms with Gasteiger partial charge in [0.2, 0.25) is 0 Å². The molecular formula is C20H25NO5S. The highest BCUT2D eigenvalue weighted by Gasteiger charge is 2.53. The van der Waals surface area contributed by atoms with E-state index in [4.69, 9.17) is 14.1 Å². The molecule has 0 radical (unpaired) electrons. The molecule has 4 rings (SSSR count). The third-order valence-electron chi connectivity index (χ3n) is 6.90. The maximum Gasteiger partial charge on any atom is 0.380 e. The first-order valence-electron chi connectivity index (χ1n) is 9.37. The molecule has 6 nitrogen and oxygen atoms in total. The fourth-order valence-corrected chi connectivity index (χ4v) is 6.11. The minimum absolute atomic E-state index is 0.109. The summed E-state index contributed by atoms with van der Waals surface area (Å²) in [5, 5.41) is 4.98. The Kier molecular flexibility index (Phi) is 4.35. The Bertz CT molecular complexity index is 922. The molecular weight excluding hydrogens is 366 g/mol. The number of hydrogen-bond acceptors (Lipinski definition) is 5. The van der Waals surface area contributed by atoms with Gasteiger partial charge in [0, 0.05) is 11.0 Å². The fraction of sp³-hybridized carbons (Fsp3) is 0.550. The average Bonchev–Trinajstić information content (AvgIpc) is 2.96. The molecule has 0 aromatic heterocycles. The van der Waals surface area contributed by atoms with E-state index in [0.717, 1.165) is 43.2 Å². The van der Waals surface area contributed by atoms with Crippen molar-refractivity contribution in [2.75, 3.05) is 7.11 Å². The smallest absolute Gasteiger partial charge is 0.380 e. The van der Waals surface area contributed by atoms with Crippen LogP contribution in [-0.4, -0.2) is 21.5 Å². The van der Waals surface area contributed by atoms with Gasteiger partial charge in [0.05, 0.1) is 7.11 Å². The SMILES string of the molecule is COC(=O)C1=CCC2C3CCc4cc(OS(N)(=O)=O)ccc4C3CC[C@]12C. The van der Waals surface area contributed by atoms with E-state index in [1.165, 1.54) is 12.7 Å². The van der Waals surface area contributed by atoms with Crippen molar-refractivity contribution in [1.82, 2.24) is 0 Å². The zero-order chi connectivity index (χ0) is 19.4. The lowest BCUT2D eigenvalue weighted by Gasteiger charge is -2.50. The van der Waals surface area contributed by atoms with Crippen LogP contribution < -0.4 is 9.32 Å². The number of ether oxygens (including phenoxy) is 1. The second-order valence-corrected chi connectivity index (χ2v) is 9.31. The summed E-state index contributed by atoms with van der Waals surface area (Å²) in [6, 6.07) is 5.47. The molecule has 0 heterocycles. The number of methoxy groups -OCH3 is 1. The van der Waals surface area contributed by atoms with Crippen LogP contribution in [0.5, 0.6) is 5.75 Å². The number of fused-ring (bicyclic) bond motifs is 5. The Morgan fingerprint density at radius 2 is 2.07 bits per heavy atom. The molecule has 0 saturated heterocycles. The van der Waals surface area contributed by atoms with Gasteiger partial charge in [0.25, 0.3) is 0 Å². The Labute approximate surface area is 160 Å². The minimum atomic E-state index is -4.01. The number of allylic oxidation sites excluding steroid dienone is 1. The van der Waals surface area contributed by atoms with Crippen LogP contribution in [0.1, 0.15) is 49.7 Å². The van der Waals surface area contributed by atoms with E-state index in [0.29, 0.717) is 17.8 Å². The van der Waals surface area contributed by atoms with Gasteiger partial charge >= 0.3 is 16.3 Å². The molecule has 1 fully saturated rings. The number of nitrogens with two attached hydrogens (primary N) is 1. The molecule has 7 heteroatoms. The van der Waals surface area contributed by atoms with E-state index < -0.39 is 10.3 Å². The number of carbonyl (C=O) groups is 1. The molecule has 27 heavy (non-hydrogen) atoms. The Morgan fingerprint density at radius 1 is 1.30 bits per heavy atom. The molecule has 0 amide bonds. The third-order valence-corrected chi connectivity index (χ3v) is 7.32. The largest absolute Gasteiger partial charge is 0.466 e. The predicted molar refractivity (Wildman–Crippen MR) is 100 cm³/mol. The minimum Gasteiger partial charge on any atom is -0.466 e. The van der Waals surface area contributed by atoms with Crippen LogP contribution in [0.2, 0.25) is 0 Å². The second-order valence-electron chi connectivity index (χ2n) is 8.15. The van der Waals surface area contributed by atoms with Crippen molar-refractivity contribution in [1.29, 1.82) is 0 Å². The molecule has 1 aromatic carbocycles. The Hall–Kier alpha value is -1.86. The molecule has 4 atom stereocenters. The summed E-state index contributed by atoms with van der Waals surface area (Å²) >= 11 is 0. The molecule has 1 aromatic rings. The molecule has 1 saturated carbocycles. The van der Waals surface area contributed by atoms with Crippen molar-refractivity contribution in [2.24, 2.45) is 22.4 Å². The monoisotopic (exact) mass is 391 g/mol. The zero-order valence-electron chi connectivity index (χ0n) is 15.6. The fourth-order valence-electron chi connectivity index (χ4n) is 5.74. The van der Waals surface area contributed by atoms with E-state index in [9.17, 15) is 13.2 Å². The van der Waals surface area contributed by atoms with Gasteiger partial charge in [0.1, 0.15) is 5.75 Å². The molecule has 3 unspecified atom stereocenters. The van der Waals surface area contributed by atoms with E-state index in [1.807, 2.05) is 6.07 Å². The van der Waals surface area contributed by atoms with Gasteiger partial charge in [0.15, 0.2) is 0 Å². The maximum atomic E-state index is 12.2. The van der Waals surface area contributed by atoms with Gasteiger partial charge < -0.3 is 8.92 Å². The summed E-state index contributed by atoms with van der Waals surface area (Å²) in [6.45, 7) is 2.21. The normalized spacial score (nSPS) is 32.0. The third kappa shape index (κ3) is 3.06. The molecule has 0 bridgehead atoms. The summed E-state index contributed by atoms with van der Waals surface area (Å²) in [4.78, 5) is 12.2. The first kappa shape index (κ1) is 18.5. The average molecular weight is 391 g/mol. The summed E-state index contributed by atoms with van der Waals surface area (Å²) < 4.78 is 32.2. The Balaban J connectivity index is 1.61. The molecule has 146 valence electrons. The Morgan fingerprint density at radius 3 is 2.78 bits per heavy atom. The van der Waals surface area contributed by atoms with Gasteiger partial charge in [-0.15, -0.1) is 0 Å². The zero-order valence-corrected chi connectivity index (χ0v) is 16.4. The van der Waals surface area contributed by atoms with Crippen LogP contribution in [0.3, 0.4) is 0 Å². The predicted octanol–water partition coefficient (Wildman–Crippen LogP) is 2.83. The number of esters is 1. The van der Waals surface area contributed by atoms with E-state index in [2.05, 4.69) is 13.0 Å². The number of carbonyl (C=O) groups excluding carboxylic acids is 1. The van der Waals surface area contributed by atoms with Crippen molar-refractivity contribution in [3.8, 4) is 5.75 Å². The van der Waals surface area contributed by atoms with E-state index >= 15 is 0 Å². The van der Waals surface area contributed by atoms with Crippen LogP contribution in [0, 0.1) is 17.3 Å². The highest BCUT2D eigenvalue weighted by molar-refractivity contribution is 7.84. The van der Waals surface area contributed by atoms with Crippen LogP contribution >= 0.6 is 0 Å². The second kappa shape index (κ2) is 6.34. The lowest BCUT2D eigenvalue weighted by Crippen LogP contribution is -2.42. The first-order valence-corrected chi connectivity index (χ1v) is 10.8. The molecule has 0 aliphatic heterocycles. The van der Waals surface area contributed by atoms with Crippen molar-refractivity contribution in [2.45, 2.75) is 44.9 Å². The summed E-state index contributed by atoms with van der Waals surface area (Å²) in [6.07, 6.45) is 6.86. The molecule has 3 aliphatic rings. The summed E-state index contributed by atoms with van der Waals surface area (Å²) in [5.41, 5.74) is 3.15. The lowest BCUT2D eigenvalue weighted by atomic mass is 9.54. The van der Waals surface area contributed by atoms with Crippen molar-refractivity contribution in [3.05, 3.63) is 41.0 Å². The van der Waals surface area contributed by atoms with Gasteiger partial charge in [-0.1, -0.05) is 19.1 Å². The van der Waals surface area contributed by atoms with Gasteiger partial charge in [-0.3, -0.25) is 0 Å². The van der Waals surface area contributed by atoms with Crippen LogP contribution in [-0.2, 0) is 26.3 Å².